The summed E-state index contributed by atoms with van der Waals surface area (Å²) < 4.78 is 1.75. The monoisotopic (exact) mass is 295 g/mol. The van der Waals surface area contributed by atoms with Crippen LogP contribution in [-0.4, -0.2) is 20.1 Å². The van der Waals surface area contributed by atoms with Gasteiger partial charge in [-0.05, 0) is 54.2 Å². The molecule has 4 nitrogen and oxygen atoms in total. The summed E-state index contributed by atoms with van der Waals surface area (Å²) in [4.78, 5) is 0. The fourth-order valence-electron chi connectivity index (χ4n) is 2.97. The van der Waals surface area contributed by atoms with Crippen molar-refractivity contribution in [2.75, 3.05) is 0 Å². The molecule has 1 N–H and O–H groups in total. The Labute approximate surface area is 130 Å². The molecule has 114 valence electrons. The lowest BCUT2D eigenvalue weighted by Gasteiger charge is -2.16. The SMILES string of the molecule is CCc1cc(C(O)c2ccc3c(nnn3C)c2C)ccc1C. The average molecular weight is 295 g/mol. The Kier molecular flexibility index (Phi) is 3.71. The second kappa shape index (κ2) is 5.54. The Balaban J connectivity index is 2.08. The van der Waals surface area contributed by atoms with E-state index in [9.17, 15) is 5.11 Å². The van der Waals surface area contributed by atoms with Gasteiger partial charge in [0, 0.05) is 7.05 Å². The normalized spacial score (nSPS) is 12.8. The van der Waals surface area contributed by atoms with Crippen molar-refractivity contribution in [3.63, 3.8) is 0 Å². The molecule has 0 fully saturated rings. The van der Waals surface area contributed by atoms with Crippen molar-refractivity contribution in [3.05, 3.63) is 58.1 Å². The van der Waals surface area contributed by atoms with Crippen molar-refractivity contribution >= 4 is 11.0 Å². The van der Waals surface area contributed by atoms with Crippen LogP contribution in [0.5, 0.6) is 0 Å². The summed E-state index contributed by atoms with van der Waals surface area (Å²) in [5.74, 6) is 0. The number of aromatic nitrogens is 3. The molecule has 0 saturated heterocycles. The molecule has 1 heterocycles. The van der Waals surface area contributed by atoms with Crippen LogP contribution in [0.1, 0.15) is 40.8 Å². The number of nitrogens with zero attached hydrogens (tertiary/aromatic N) is 3. The van der Waals surface area contributed by atoms with Crippen LogP contribution in [0.25, 0.3) is 11.0 Å². The Morgan fingerprint density at radius 1 is 1.18 bits per heavy atom. The van der Waals surface area contributed by atoms with Crippen molar-refractivity contribution in [2.45, 2.75) is 33.3 Å². The summed E-state index contributed by atoms with van der Waals surface area (Å²) in [7, 11) is 1.87. The van der Waals surface area contributed by atoms with Gasteiger partial charge in [0.1, 0.15) is 11.6 Å². The van der Waals surface area contributed by atoms with Crippen molar-refractivity contribution in [1.29, 1.82) is 0 Å². The first-order chi connectivity index (χ1) is 10.5. The van der Waals surface area contributed by atoms with Gasteiger partial charge in [-0.15, -0.1) is 5.10 Å². The molecule has 0 aliphatic rings. The molecule has 0 aliphatic heterocycles. The van der Waals surface area contributed by atoms with Crippen LogP contribution in [-0.2, 0) is 13.5 Å². The van der Waals surface area contributed by atoms with E-state index in [1.165, 1.54) is 11.1 Å². The summed E-state index contributed by atoms with van der Waals surface area (Å²) >= 11 is 0. The molecule has 0 spiro atoms. The van der Waals surface area contributed by atoms with Gasteiger partial charge in [0.15, 0.2) is 0 Å². The van der Waals surface area contributed by atoms with Crippen LogP contribution in [0, 0.1) is 13.8 Å². The number of fused-ring (bicyclic) bond motifs is 1. The maximum absolute atomic E-state index is 10.8. The molecule has 0 aliphatic carbocycles. The predicted octanol–water partition coefficient (Wildman–Crippen LogP) is 3.23. The molecule has 3 aromatic rings. The summed E-state index contributed by atoms with van der Waals surface area (Å²) in [6.45, 7) is 6.23. The smallest absolute Gasteiger partial charge is 0.116 e. The zero-order valence-corrected chi connectivity index (χ0v) is 13.5. The van der Waals surface area contributed by atoms with Gasteiger partial charge >= 0.3 is 0 Å². The molecule has 0 saturated carbocycles. The Morgan fingerprint density at radius 2 is 1.95 bits per heavy atom. The summed E-state index contributed by atoms with van der Waals surface area (Å²) in [5, 5.41) is 19.1. The van der Waals surface area contributed by atoms with Gasteiger partial charge in [0.05, 0.1) is 5.52 Å². The quantitative estimate of drug-likeness (QED) is 0.807. The molecular weight excluding hydrogens is 274 g/mol. The largest absolute Gasteiger partial charge is 0.384 e. The highest BCUT2D eigenvalue weighted by atomic mass is 16.3. The maximum Gasteiger partial charge on any atom is 0.116 e. The molecular formula is C18H21N3O. The Hall–Kier alpha value is -2.20. The fraction of sp³-hybridized carbons (Fsp3) is 0.333. The van der Waals surface area contributed by atoms with Gasteiger partial charge < -0.3 is 5.11 Å². The molecule has 0 bridgehead atoms. The first-order valence-corrected chi connectivity index (χ1v) is 7.59. The van der Waals surface area contributed by atoms with Crippen LogP contribution < -0.4 is 0 Å². The fourth-order valence-corrected chi connectivity index (χ4v) is 2.97. The third-order valence-corrected chi connectivity index (χ3v) is 4.44. The third kappa shape index (κ3) is 2.29. The second-order valence-electron chi connectivity index (χ2n) is 5.80. The van der Waals surface area contributed by atoms with E-state index in [1.807, 2.05) is 32.2 Å². The zero-order valence-electron chi connectivity index (χ0n) is 13.5. The molecule has 22 heavy (non-hydrogen) atoms. The lowest BCUT2D eigenvalue weighted by molar-refractivity contribution is 0.219. The Bertz CT molecular complexity index is 836. The highest BCUT2D eigenvalue weighted by Gasteiger charge is 2.17. The van der Waals surface area contributed by atoms with Crippen LogP contribution >= 0.6 is 0 Å². The second-order valence-corrected chi connectivity index (χ2v) is 5.80. The molecule has 0 amide bonds. The number of aliphatic hydroxyl groups is 1. The van der Waals surface area contributed by atoms with E-state index in [0.29, 0.717) is 0 Å². The lowest BCUT2D eigenvalue weighted by Crippen LogP contribution is -2.04. The first kappa shape index (κ1) is 14.7. The third-order valence-electron chi connectivity index (χ3n) is 4.44. The van der Waals surface area contributed by atoms with Crippen LogP contribution in [0.3, 0.4) is 0 Å². The van der Waals surface area contributed by atoms with Gasteiger partial charge in [-0.2, -0.15) is 0 Å². The first-order valence-electron chi connectivity index (χ1n) is 7.59. The van der Waals surface area contributed by atoms with E-state index in [-0.39, 0.29) is 0 Å². The van der Waals surface area contributed by atoms with E-state index < -0.39 is 6.10 Å². The van der Waals surface area contributed by atoms with Crippen LogP contribution in [0.4, 0.5) is 0 Å². The lowest BCUT2D eigenvalue weighted by atomic mass is 9.93. The number of rotatable bonds is 3. The molecule has 1 unspecified atom stereocenters. The molecule has 0 radical (unpaired) electrons. The summed E-state index contributed by atoms with van der Waals surface area (Å²) in [5.41, 5.74) is 7.16. The minimum Gasteiger partial charge on any atom is -0.384 e. The average Bonchev–Trinajstić information content (AvgIpc) is 2.90. The Morgan fingerprint density at radius 3 is 2.68 bits per heavy atom. The number of aliphatic hydroxyl groups excluding tert-OH is 1. The van der Waals surface area contributed by atoms with Crippen molar-refractivity contribution in [1.82, 2.24) is 15.0 Å². The van der Waals surface area contributed by atoms with E-state index in [4.69, 9.17) is 0 Å². The van der Waals surface area contributed by atoms with Crippen molar-refractivity contribution < 1.29 is 5.11 Å². The van der Waals surface area contributed by atoms with Crippen molar-refractivity contribution in [2.24, 2.45) is 7.05 Å². The number of hydrogen-bond donors (Lipinski definition) is 1. The van der Waals surface area contributed by atoms with E-state index >= 15 is 0 Å². The number of aryl methyl sites for hydroxylation is 4. The van der Waals surface area contributed by atoms with Gasteiger partial charge in [-0.25, -0.2) is 4.68 Å². The highest BCUT2D eigenvalue weighted by Crippen LogP contribution is 2.29. The van der Waals surface area contributed by atoms with Gasteiger partial charge in [0.2, 0.25) is 0 Å². The highest BCUT2D eigenvalue weighted by molar-refractivity contribution is 5.79. The molecule has 4 heteroatoms. The van der Waals surface area contributed by atoms with E-state index in [2.05, 4.69) is 36.3 Å². The summed E-state index contributed by atoms with van der Waals surface area (Å²) in [6, 6.07) is 10.1. The van der Waals surface area contributed by atoms with Crippen LogP contribution in [0.2, 0.25) is 0 Å². The van der Waals surface area contributed by atoms with Gasteiger partial charge in [0.25, 0.3) is 0 Å². The predicted molar refractivity (Wildman–Crippen MR) is 87.9 cm³/mol. The minimum atomic E-state index is -0.641. The molecule has 3 rings (SSSR count). The van der Waals surface area contributed by atoms with Gasteiger partial charge in [-0.3, -0.25) is 0 Å². The van der Waals surface area contributed by atoms with Crippen molar-refractivity contribution in [3.8, 4) is 0 Å². The standard InChI is InChI=1S/C18H21N3O/c1-5-13-10-14(7-6-11(13)2)18(22)15-8-9-16-17(12(15)3)19-20-21(16)4/h6-10,18,22H,5H2,1-4H3. The topological polar surface area (TPSA) is 50.9 Å². The number of benzene rings is 2. The zero-order chi connectivity index (χ0) is 15.9. The maximum atomic E-state index is 10.8. The molecule has 2 aromatic carbocycles. The van der Waals surface area contributed by atoms with Crippen LogP contribution in [0.15, 0.2) is 30.3 Å². The minimum absolute atomic E-state index is 0.641. The molecule has 1 aromatic heterocycles. The number of hydrogen-bond acceptors (Lipinski definition) is 3. The van der Waals surface area contributed by atoms with E-state index in [0.717, 1.165) is 34.1 Å². The van der Waals surface area contributed by atoms with E-state index in [1.54, 1.807) is 4.68 Å². The summed E-state index contributed by atoms with van der Waals surface area (Å²) in [6.07, 6.45) is 0.325. The van der Waals surface area contributed by atoms with Gasteiger partial charge in [-0.1, -0.05) is 36.4 Å². The molecule has 1 atom stereocenters.